The number of methoxy groups -OCH3 is 1. The number of phenolic OH excluding ortho intramolecular Hbond substituents is 2. The lowest BCUT2D eigenvalue weighted by Crippen LogP contribution is -2.45. The fourth-order valence-corrected chi connectivity index (χ4v) is 14.3. The van der Waals surface area contributed by atoms with Crippen LogP contribution in [-0.4, -0.2) is 64.9 Å². The number of nitrogens with two attached hydrogens (primary N) is 1. The van der Waals surface area contributed by atoms with Gasteiger partial charge in [0, 0.05) is 42.6 Å². The second-order valence-corrected chi connectivity index (χ2v) is 22.8. The maximum absolute atomic E-state index is 12.4. The van der Waals surface area contributed by atoms with Gasteiger partial charge >= 0.3 is 0 Å². The molecule has 2 fully saturated rings. The normalized spacial score (nSPS) is 29.3. The standard InChI is InChI=1S/C59H83N3O7/c1-6-7-8-13-36(4)43-28-38-17-16-37(43)27-42(63)14-12-24-61-58(60)62-25-20-47-51(15-11-23-59(47)21-9-10-22-59)68-53-32-39(18-19-48(53)64)57-50(66)33-46-52(69-57)34-54(67-5)56-45-30-41(26-35(2)3)49(65)31-40(45)29-44(38)55(46)56/h16-19,30-32,34-38,42-44,47,50-51,57,63-66H,6-15,20-29,33H2,1-5H3,(H3,60,61,62). The fourth-order valence-electron chi connectivity index (χ4n) is 14.3. The number of allylic oxidation sites excluding steroid dienone is 2. The SMILES string of the molecule is CCCCCC(C)C1CC2C=CC1CC(O)CCCN=C(N)NCCC1C(CCCC13CCCC3)Oc1cc(ccc1O)C1Oc3cc(OC)c4c(c3CC1O)C2Cc1cc(O)c(CC(C)C)cc1-4. The minimum absolute atomic E-state index is 0.0299. The molecule has 0 amide bonds. The zero-order valence-electron chi connectivity index (χ0n) is 42.4. The molecule has 2 saturated carbocycles. The van der Waals surface area contributed by atoms with E-state index in [-0.39, 0.29) is 40.9 Å². The van der Waals surface area contributed by atoms with E-state index >= 15 is 0 Å². The highest BCUT2D eigenvalue weighted by atomic mass is 16.5. The molecule has 4 aliphatic carbocycles. The molecule has 8 bridgehead atoms. The topological polar surface area (TPSA) is 159 Å². The summed E-state index contributed by atoms with van der Waals surface area (Å²) in [7, 11) is 1.73. The van der Waals surface area contributed by atoms with Crippen molar-refractivity contribution in [3.8, 4) is 39.9 Å². The molecule has 10 atom stereocenters. The van der Waals surface area contributed by atoms with Gasteiger partial charge in [-0.15, -0.1) is 0 Å². The number of unbranched alkanes of at least 4 members (excludes halogenated alkanes) is 2. The predicted octanol–water partition coefficient (Wildman–Crippen LogP) is 11.6. The molecule has 376 valence electrons. The van der Waals surface area contributed by atoms with Crippen molar-refractivity contribution in [3.05, 3.63) is 76.4 Å². The Hall–Kier alpha value is -4.41. The molecular formula is C59H83N3O7. The summed E-state index contributed by atoms with van der Waals surface area (Å²) in [5, 5.41) is 50.4. The monoisotopic (exact) mass is 946 g/mol. The van der Waals surface area contributed by atoms with Crippen LogP contribution >= 0.6 is 0 Å². The van der Waals surface area contributed by atoms with Crippen molar-refractivity contribution in [3.63, 3.8) is 0 Å². The Morgan fingerprint density at radius 1 is 0.870 bits per heavy atom. The highest BCUT2D eigenvalue weighted by Crippen LogP contribution is 2.58. The highest BCUT2D eigenvalue weighted by molar-refractivity contribution is 5.84. The number of rotatable bonds is 8. The number of benzene rings is 3. The first-order valence-corrected chi connectivity index (χ1v) is 27.2. The van der Waals surface area contributed by atoms with Gasteiger partial charge in [0.1, 0.15) is 29.5 Å². The van der Waals surface area contributed by atoms with Crippen molar-refractivity contribution in [2.75, 3.05) is 20.2 Å². The fraction of sp³-hybridized carbons (Fsp3) is 0.644. The molecule has 10 unspecified atom stereocenters. The first kappa shape index (κ1) is 49.6. The number of ether oxygens (including phenoxy) is 3. The molecule has 3 aromatic rings. The van der Waals surface area contributed by atoms with Crippen LogP contribution in [0.1, 0.15) is 170 Å². The quantitative estimate of drug-likeness (QED) is 0.0955. The number of aliphatic hydroxyl groups is 2. The van der Waals surface area contributed by atoms with Crippen molar-refractivity contribution in [1.82, 2.24) is 5.32 Å². The maximum Gasteiger partial charge on any atom is 0.188 e. The molecule has 0 radical (unpaired) electrons. The van der Waals surface area contributed by atoms with Crippen LogP contribution in [-0.2, 0) is 19.3 Å². The summed E-state index contributed by atoms with van der Waals surface area (Å²) < 4.78 is 20.4. The van der Waals surface area contributed by atoms with Gasteiger partial charge in [0.15, 0.2) is 17.5 Å². The van der Waals surface area contributed by atoms with E-state index in [9.17, 15) is 20.4 Å². The molecule has 0 aromatic heterocycles. The van der Waals surface area contributed by atoms with E-state index in [4.69, 9.17) is 24.9 Å². The number of nitrogens with one attached hydrogen (secondary N) is 1. The molecule has 9 aliphatic rings. The van der Waals surface area contributed by atoms with Crippen LogP contribution in [0, 0.1) is 40.9 Å². The van der Waals surface area contributed by atoms with E-state index in [0.29, 0.717) is 66.9 Å². The molecule has 10 nitrogen and oxygen atoms in total. The van der Waals surface area contributed by atoms with E-state index in [1.54, 1.807) is 13.2 Å². The molecule has 10 heteroatoms. The van der Waals surface area contributed by atoms with Gasteiger partial charge in [-0.3, -0.25) is 4.99 Å². The highest BCUT2D eigenvalue weighted by Gasteiger charge is 2.48. The van der Waals surface area contributed by atoms with E-state index in [0.717, 1.165) is 96.9 Å². The Kier molecular flexibility index (Phi) is 15.5. The molecular weight excluding hydrogens is 863 g/mol. The summed E-state index contributed by atoms with van der Waals surface area (Å²) in [6.45, 7) is 10.3. The van der Waals surface area contributed by atoms with Gasteiger partial charge in [-0.2, -0.15) is 0 Å². The second-order valence-electron chi connectivity index (χ2n) is 22.8. The molecule has 5 heterocycles. The summed E-state index contributed by atoms with van der Waals surface area (Å²) in [5.41, 5.74) is 13.8. The number of fused-ring (bicyclic) bond motifs is 2. The molecule has 7 N–H and O–H groups in total. The van der Waals surface area contributed by atoms with Gasteiger partial charge in [-0.1, -0.05) is 84.4 Å². The lowest BCUT2D eigenvalue weighted by molar-refractivity contribution is -0.0154. The largest absolute Gasteiger partial charge is 0.508 e. The van der Waals surface area contributed by atoms with Crippen LogP contribution in [0.3, 0.4) is 0 Å². The number of nitrogens with zero attached hydrogens (tertiary/aromatic N) is 1. The molecule has 3 aromatic carbocycles. The van der Waals surface area contributed by atoms with Gasteiger partial charge in [-0.25, -0.2) is 0 Å². The van der Waals surface area contributed by atoms with Crippen LogP contribution in [0.2, 0.25) is 0 Å². The van der Waals surface area contributed by atoms with E-state index in [2.05, 4.69) is 51.2 Å². The van der Waals surface area contributed by atoms with E-state index in [1.165, 1.54) is 56.9 Å². The number of guanidine groups is 1. The van der Waals surface area contributed by atoms with Crippen LogP contribution in [0.25, 0.3) is 11.1 Å². The van der Waals surface area contributed by atoms with Crippen molar-refractivity contribution in [2.45, 2.75) is 180 Å². The third-order valence-electron chi connectivity index (χ3n) is 17.7. The average molecular weight is 946 g/mol. The lowest BCUT2D eigenvalue weighted by atomic mass is 9.62. The maximum atomic E-state index is 12.4. The summed E-state index contributed by atoms with van der Waals surface area (Å²) in [4.78, 5) is 4.72. The van der Waals surface area contributed by atoms with Crippen LogP contribution in [0.5, 0.6) is 28.7 Å². The molecule has 1 spiro atoms. The van der Waals surface area contributed by atoms with E-state index < -0.39 is 18.3 Å². The minimum Gasteiger partial charge on any atom is -0.508 e. The van der Waals surface area contributed by atoms with Crippen molar-refractivity contribution >= 4 is 5.96 Å². The van der Waals surface area contributed by atoms with Crippen LogP contribution in [0.4, 0.5) is 0 Å². The summed E-state index contributed by atoms with van der Waals surface area (Å²) in [5.74, 6) is 4.67. The Morgan fingerprint density at radius 3 is 2.45 bits per heavy atom. The van der Waals surface area contributed by atoms with Crippen molar-refractivity contribution < 1.29 is 34.6 Å². The first-order valence-electron chi connectivity index (χ1n) is 27.2. The third-order valence-corrected chi connectivity index (χ3v) is 17.7. The van der Waals surface area contributed by atoms with E-state index in [1.807, 2.05) is 24.3 Å². The zero-order chi connectivity index (χ0) is 48.4. The van der Waals surface area contributed by atoms with Gasteiger partial charge in [-0.05, 0) is 170 Å². The Bertz CT molecular complexity index is 2320. The van der Waals surface area contributed by atoms with Crippen molar-refractivity contribution in [1.29, 1.82) is 0 Å². The predicted molar refractivity (Wildman–Crippen MR) is 275 cm³/mol. The zero-order valence-corrected chi connectivity index (χ0v) is 42.4. The number of hydrogen-bond donors (Lipinski definition) is 6. The third kappa shape index (κ3) is 10.5. The molecule has 12 rings (SSSR count). The molecule has 69 heavy (non-hydrogen) atoms. The molecule has 0 saturated heterocycles. The summed E-state index contributed by atoms with van der Waals surface area (Å²) in [6.07, 6.45) is 21.4. The van der Waals surface area contributed by atoms with Gasteiger partial charge in [0.25, 0.3) is 0 Å². The molecule has 5 aliphatic heterocycles. The first-order chi connectivity index (χ1) is 33.4. The van der Waals surface area contributed by atoms with Crippen LogP contribution in [0.15, 0.2) is 53.5 Å². The second kappa shape index (κ2) is 21.5. The van der Waals surface area contributed by atoms with Crippen LogP contribution < -0.4 is 25.3 Å². The van der Waals surface area contributed by atoms with Gasteiger partial charge in [0.05, 0.1) is 19.3 Å². The number of hydrogen-bond acceptors (Lipinski definition) is 10. The van der Waals surface area contributed by atoms with Gasteiger partial charge in [0.2, 0.25) is 0 Å². The smallest absolute Gasteiger partial charge is 0.188 e. The number of aromatic hydroxyl groups is 2. The summed E-state index contributed by atoms with van der Waals surface area (Å²) in [6, 6.07) is 11.7. The average Bonchev–Trinajstić information content (AvgIpc) is 3.79. The van der Waals surface area contributed by atoms with Gasteiger partial charge < -0.3 is 45.7 Å². The number of phenols is 2. The Morgan fingerprint density at radius 2 is 1.67 bits per heavy atom. The summed E-state index contributed by atoms with van der Waals surface area (Å²) >= 11 is 0. The van der Waals surface area contributed by atoms with Crippen molar-refractivity contribution in [2.24, 2.45) is 51.6 Å². The minimum atomic E-state index is -0.870. The lowest BCUT2D eigenvalue weighted by Gasteiger charge is -2.46. The Labute approximate surface area is 412 Å². The number of aliphatic hydroxyl groups excluding tert-OH is 2. The Balaban J connectivity index is 1.14. The number of aliphatic imine (C=N–C) groups is 1.